The summed E-state index contributed by atoms with van der Waals surface area (Å²) < 4.78 is 1.76. The van der Waals surface area contributed by atoms with Gasteiger partial charge in [0.1, 0.15) is 6.33 Å². The van der Waals surface area contributed by atoms with Crippen molar-refractivity contribution in [1.82, 2.24) is 24.5 Å². The highest BCUT2D eigenvalue weighted by Gasteiger charge is 2.25. The second-order valence-electron chi connectivity index (χ2n) is 9.56. The van der Waals surface area contributed by atoms with Crippen LogP contribution in [0.4, 0.5) is 17.1 Å². The number of nitrogens with zero attached hydrogens (tertiary/aromatic N) is 5. The zero-order valence-electron chi connectivity index (χ0n) is 19.9. The molecule has 8 nitrogen and oxygen atoms in total. The highest BCUT2D eigenvalue weighted by molar-refractivity contribution is 5.77. The Morgan fingerprint density at radius 2 is 1.71 bits per heavy atom. The molecular formula is C27H31N7O. The van der Waals surface area contributed by atoms with Crippen molar-refractivity contribution in [2.75, 3.05) is 36.4 Å². The van der Waals surface area contributed by atoms with Crippen molar-refractivity contribution in [3.05, 3.63) is 71.4 Å². The fourth-order valence-electron chi connectivity index (χ4n) is 5.51. The fraction of sp³-hybridized carbons (Fsp3) is 0.370. The first-order valence-electron chi connectivity index (χ1n) is 12.6. The predicted molar refractivity (Wildman–Crippen MR) is 139 cm³/mol. The van der Waals surface area contributed by atoms with Crippen LogP contribution in [0.25, 0.3) is 16.9 Å². The lowest BCUT2D eigenvalue weighted by atomic mass is 9.99. The maximum absolute atomic E-state index is 11.8. The molecule has 0 radical (unpaired) electrons. The van der Waals surface area contributed by atoms with Crippen molar-refractivity contribution in [2.45, 2.75) is 38.1 Å². The third kappa shape index (κ3) is 4.53. The number of hydrogen-bond acceptors (Lipinski definition) is 6. The predicted octanol–water partition coefficient (Wildman–Crippen LogP) is 4.28. The number of hydrogen-bond donors (Lipinski definition) is 2. The van der Waals surface area contributed by atoms with Gasteiger partial charge in [-0.2, -0.15) is 5.10 Å². The molecule has 0 atom stereocenters. The standard InChI is InChI=1S/C27H31N7O/c35-26-18-20(10-13-28-26)25-9-8-24(27-29-19-30-34(25)27)31-21-4-6-22(7-5-21)33-16-11-23(12-17-33)32-14-2-1-3-15-32/h4-10,13,18-19,23,31H,1-3,11-12,14-17H2,(H,28,35). The smallest absolute Gasteiger partial charge is 0.248 e. The Morgan fingerprint density at radius 3 is 2.49 bits per heavy atom. The summed E-state index contributed by atoms with van der Waals surface area (Å²) in [6, 6.07) is 16.8. The third-order valence-corrected chi connectivity index (χ3v) is 7.38. The van der Waals surface area contributed by atoms with Gasteiger partial charge in [0.25, 0.3) is 0 Å². The molecule has 0 aliphatic carbocycles. The van der Waals surface area contributed by atoms with Gasteiger partial charge in [-0.15, -0.1) is 0 Å². The van der Waals surface area contributed by atoms with Gasteiger partial charge in [0.15, 0.2) is 5.65 Å². The minimum absolute atomic E-state index is 0.145. The zero-order valence-corrected chi connectivity index (χ0v) is 19.9. The van der Waals surface area contributed by atoms with Crippen LogP contribution in [0.2, 0.25) is 0 Å². The van der Waals surface area contributed by atoms with Crippen LogP contribution in [0.1, 0.15) is 32.1 Å². The number of likely N-dealkylation sites (tertiary alicyclic amines) is 1. The second kappa shape index (κ2) is 9.54. The summed E-state index contributed by atoms with van der Waals surface area (Å²) in [7, 11) is 0. The molecule has 0 spiro atoms. The molecule has 0 amide bonds. The normalized spacial score (nSPS) is 17.7. The van der Waals surface area contributed by atoms with Gasteiger partial charge in [-0.3, -0.25) is 4.79 Å². The Hall–Kier alpha value is -3.65. The van der Waals surface area contributed by atoms with E-state index in [1.165, 1.54) is 57.2 Å². The first kappa shape index (κ1) is 21.9. The van der Waals surface area contributed by atoms with Crippen LogP contribution in [0.5, 0.6) is 0 Å². The summed E-state index contributed by atoms with van der Waals surface area (Å²) in [4.78, 5) is 24.1. The number of H-pyrrole nitrogens is 1. The maximum atomic E-state index is 11.8. The van der Waals surface area contributed by atoms with Gasteiger partial charge < -0.3 is 20.1 Å². The summed E-state index contributed by atoms with van der Waals surface area (Å²) in [6.07, 6.45) is 9.82. The molecule has 2 saturated heterocycles. The maximum Gasteiger partial charge on any atom is 0.248 e. The molecule has 2 N–H and O–H groups in total. The number of aromatic nitrogens is 4. The molecule has 8 heteroatoms. The lowest BCUT2D eigenvalue weighted by Gasteiger charge is -2.41. The lowest BCUT2D eigenvalue weighted by Crippen LogP contribution is -2.46. The van der Waals surface area contributed by atoms with Crippen molar-refractivity contribution < 1.29 is 0 Å². The fourth-order valence-corrected chi connectivity index (χ4v) is 5.51. The highest BCUT2D eigenvalue weighted by atomic mass is 16.1. The van der Waals surface area contributed by atoms with E-state index < -0.39 is 0 Å². The van der Waals surface area contributed by atoms with Crippen molar-refractivity contribution in [3.63, 3.8) is 0 Å². The number of aromatic amines is 1. The Labute approximate surface area is 204 Å². The van der Waals surface area contributed by atoms with E-state index in [0.29, 0.717) is 5.65 Å². The molecule has 0 bridgehead atoms. The van der Waals surface area contributed by atoms with Crippen LogP contribution in [0.3, 0.4) is 0 Å². The minimum Gasteiger partial charge on any atom is -0.371 e. The molecule has 2 aliphatic rings. The Morgan fingerprint density at radius 1 is 0.914 bits per heavy atom. The van der Waals surface area contributed by atoms with Gasteiger partial charge in [-0.05, 0) is 81.2 Å². The highest BCUT2D eigenvalue weighted by Crippen LogP contribution is 2.29. The SMILES string of the molecule is O=c1cc(-c2ccc(Nc3ccc(N4CCC(N5CCCCC5)CC4)cc3)c3ncnn23)cc[nH]1. The van der Waals surface area contributed by atoms with E-state index in [1.54, 1.807) is 16.8 Å². The average Bonchev–Trinajstić information content (AvgIpc) is 3.41. The van der Waals surface area contributed by atoms with Gasteiger partial charge in [0.2, 0.25) is 5.56 Å². The molecule has 2 fully saturated rings. The molecule has 0 unspecified atom stereocenters. The minimum atomic E-state index is -0.145. The largest absolute Gasteiger partial charge is 0.371 e. The molecule has 5 heterocycles. The molecule has 2 aliphatic heterocycles. The average molecular weight is 470 g/mol. The monoisotopic (exact) mass is 469 g/mol. The summed E-state index contributed by atoms with van der Waals surface area (Å²) in [5.74, 6) is 0. The summed E-state index contributed by atoms with van der Waals surface area (Å²) in [6.45, 7) is 4.82. The Kier molecular flexibility index (Phi) is 5.96. The van der Waals surface area contributed by atoms with Crippen LogP contribution in [-0.2, 0) is 0 Å². The first-order valence-corrected chi connectivity index (χ1v) is 12.6. The molecule has 180 valence electrons. The number of benzene rings is 1. The van der Waals surface area contributed by atoms with Crippen LogP contribution < -0.4 is 15.8 Å². The van der Waals surface area contributed by atoms with Crippen LogP contribution in [-0.4, -0.2) is 56.7 Å². The lowest BCUT2D eigenvalue weighted by molar-refractivity contribution is 0.141. The molecular weight excluding hydrogens is 438 g/mol. The zero-order chi connectivity index (χ0) is 23.6. The van der Waals surface area contributed by atoms with Crippen molar-refractivity contribution in [2.24, 2.45) is 0 Å². The van der Waals surface area contributed by atoms with Gasteiger partial charge in [0, 0.05) is 48.3 Å². The van der Waals surface area contributed by atoms with Gasteiger partial charge in [-0.25, -0.2) is 9.50 Å². The second-order valence-corrected chi connectivity index (χ2v) is 9.56. The number of nitrogens with one attached hydrogen (secondary N) is 2. The molecule has 35 heavy (non-hydrogen) atoms. The number of rotatable bonds is 5. The van der Waals surface area contributed by atoms with E-state index in [0.717, 1.165) is 41.8 Å². The molecule has 3 aromatic heterocycles. The first-order chi connectivity index (χ1) is 17.2. The summed E-state index contributed by atoms with van der Waals surface area (Å²) in [5.41, 5.74) is 5.34. The van der Waals surface area contributed by atoms with E-state index in [9.17, 15) is 4.79 Å². The van der Waals surface area contributed by atoms with E-state index in [4.69, 9.17) is 0 Å². The van der Waals surface area contributed by atoms with E-state index >= 15 is 0 Å². The molecule has 0 saturated carbocycles. The van der Waals surface area contributed by atoms with Gasteiger partial charge in [-0.1, -0.05) is 6.42 Å². The van der Waals surface area contributed by atoms with E-state index in [-0.39, 0.29) is 5.56 Å². The molecule has 1 aromatic carbocycles. The van der Waals surface area contributed by atoms with Crippen LogP contribution in [0.15, 0.2) is 65.8 Å². The molecule has 6 rings (SSSR count). The van der Waals surface area contributed by atoms with Gasteiger partial charge in [0.05, 0.1) is 11.4 Å². The van der Waals surface area contributed by atoms with E-state index in [2.05, 4.69) is 54.4 Å². The summed E-state index contributed by atoms with van der Waals surface area (Å²) >= 11 is 0. The quantitative estimate of drug-likeness (QED) is 0.454. The Bertz CT molecular complexity index is 1350. The van der Waals surface area contributed by atoms with Crippen molar-refractivity contribution >= 4 is 22.7 Å². The van der Waals surface area contributed by atoms with Gasteiger partial charge >= 0.3 is 0 Å². The van der Waals surface area contributed by atoms with E-state index in [1.807, 2.05) is 18.2 Å². The van der Waals surface area contributed by atoms with Crippen LogP contribution in [0, 0.1) is 0 Å². The number of fused-ring (bicyclic) bond motifs is 1. The third-order valence-electron chi connectivity index (χ3n) is 7.38. The van der Waals surface area contributed by atoms with Crippen molar-refractivity contribution in [3.8, 4) is 11.3 Å². The molecule has 4 aromatic rings. The number of anilines is 3. The topological polar surface area (TPSA) is 81.6 Å². The van der Waals surface area contributed by atoms with Crippen molar-refractivity contribution in [1.29, 1.82) is 0 Å². The number of pyridine rings is 2. The number of piperidine rings is 2. The summed E-state index contributed by atoms with van der Waals surface area (Å²) in [5, 5.41) is 7.87. The Balaban J connectivity index is 1.15. The van der Waals surface area contributed by atoms with Crippen LogP contribution >= 0.6 is 0 Å².